The van der Waals surface area contributed by atoms with E-state index in [0.717, 1.165) is 61.2 Å². The summed E-state index contributed by atoms with van der Waals surface area (Å²) in [4.78, 5) is 36.9. The van der Waals surface area contributed by atoms with Crippen LogP contribution in [0.4, 0.5) is 18.9 Å². The van der Waals surface area contributed by atoms with Crippen LogP contribution in [0.1, 0.15) is 56.6 Å². The van der Waals surface area contributed by atoms with Crippen LogP contribution in [-0.2, 0) is 27.4 Å². The summed E-state index contributed by atoms with van der Waals surface area (Å²) in [6.07, 6.45) is 1.51. The first-order valence-electron chi connectivity index (χ1n) is 15.8. The van der Waals surface area contributed by atoms with Crippen molar-refractivity contribution < 1.29 is 42.1 Å². The standard InChI is InChI=1S/C33H43N5O4.C2HF3O2/c1-25(39)37-28-15-13-26(14-16-28)23-31(38-33(34)35)32(40)36-21-9-4-2-3-5-10-22-41-29-17-19-30(20-18-29)42-24-27-11-7-6-8-12-27;3-2(4,5)1(6)7/h6-8,11-20,31H,2-5,9-10,21-24H2,1H3,(H,36,40)(H,37,39)(H4,34,35,38);(H,6,7). The van der Waals surface area contributed by atoms with Crippen LogP contribution in [0.2, 0.25) is 0 Å². The zero-order valence-corrected chi connectivity index (χ0v) is 27.4. The number of carbonyl (C=O) groups excluding carboxylic acids is 2. The van der Waals surface area contributed by atoms with E-state index in [1.807, 2.05) is 66.7 Å². The molecule has 0 aliphatic rings. The van der Waals surface area contributed by atoms with Gasteiger partial charge in [-0.1, -0.05) is 68.1 Å². The van der Waals surface area contributed by atoms with Gasteiger partial charge in [0.15, 0.2) is 5.96 Å². The maximum absolute atomic E-state index is 12.7. The lowest BCUT2D eigenvalue weighted by molar-refractivity contribution is -0.192. The van der Waals surface area contributed by atoms with Gasteiger partial charge in [0.1, 0.15) is 24.1 Å². The van der Waals surface area contributed by atoms with E-state index in [9.17, 15) is 22.8 Å². The Morgan fingerprint density at radius 3 is 1.90 bits per heavy atom. The molecular weight excluding hydrogens is 643 g/mol. The van der Waals surface area contributed by atoms with Gasteiger partial charge in [0.25, 0.3) is 0 Å². The second-order valence-corrected chi connectivity index (χ2v) is 11.0. The number of rotatable bonds is 18. The molecule has 0 fully saturated rings. The van der Waals surface area contributed by atoms with Crippen LogP contribution >= 0.6 is 0 Å². The van der Waals surface area contributed by atoms with E-state index >= 15 is 0 Å². The van der Waals surface area contributed by atoms with Crippen molar-refractivity contribution in [3.05, 3.63) is 90.0 Å². The Kier molecular flexibility index (Phi) is 17.6. The number of ether oxygens (including phenoxy) is 2. The number of aliphatic imine (C=N–C) groups is 1. The molecule has 0 heterocycles. The number of benzene rings is 3. The SMILES string of the molecule is CC(=O)Nc1ccc(CC(N=C(N)N)C(=O)NCCCCCCCCOc2ccc(OCc3ccccc3)cc2)cc1.O=C(O)C(F)(F)F. The molecule has 0 radical (unpaired) electrons. The minimum absolute atomic E-state index is 0.126. The van der Waals surface area contributed by atoms with E-state index in [4.69, 9.17) is 30.8 Å². The van der Waals surface area contributed by atoms with Crippen LogP contribution in [0.25, 0.3) is 0 Å². The minimum atomic E-state index is -5.08. The van der Waals surface area contributed by atoms with Crippen molar-refractivity contribution in [2.24, 2.45) is 16.5 Å². The van der Waals surface area contributed by atoms with E-state index in [-0.39, 0.29) is 17.8 Å². The average molecular weight is 688 g/mol. The van der Waals surface area contributed by atoms with Gasteiger partial charge >= 0.3 is 12.1 Å². The van der Waals surface area contributed by atoms with Gasteiger partial charge in [-0.15, -0.1) is 0 Å². The van der Waals surface area contributed by atoms with Crippen LogP contribution in [0, 0.1) is 0 Å². The first kappa shape index (κ1) is 39.9. The molecule has 0 saturated heterocycles. The Balaban J connectivity index is 0.00000107. The number of aliphatic carboxylic acids is 1. The number of nitrogens with one attached hydrogen (secondary N) is 2. The molecule has 0 aromatic heterocycles. The molecule has 3 aromatic rings. The summed E-state index contributed by atoms with van der Waals surface area (Å²) in [7, 11) is 0. The van der Waals surface area contributed by atoms with Gasteiger partial charge in [0.05, 0.1) is 6.61 Å². The zero-order chi connectivity index (χ0) is 36.1. The molecule has 3 aromatic carbocycles. The number of unbranched alkanes of at least 4 members (excludes halogenated alkanes) is 5. The van der Waals surface area contributed by atoms with Crippen molar-refractivity contribution in [1.29, 1.82) is 0 Å². The number of anilines is 1. The summed E-state index contributed by atoms with van der Waals surface area (Å²) in [5.41, 5.74) is 13.8. The van der Waals surface area contributed by atoms with Gasteiger partial charge < -0.3 is 36.7 Å². The Morgan fingerprint density at radius 2 is 1.35 bits per heavy atom. The van der Waals surface area contributed by atoms with E-state index in [1.54, 1.807) is 12.1 Å². The number of guanidine groups is 1. The van der Waals surface area contributed by atoms with Gasteiger partial charge in [0.2, 0.25) is 11.8 Å². The number of hydrogen-bond donors (Lipinski definition) is 5. The fraction of sp³-hybridized carbons (Fsp3) is 0.371. The highest BCUT2D eigenvalue weighted by Gasteiger charge is 2.38. The van der Waals surface area contributed by atoms with Crippen molar-refractivity contribution >= 4 is 29.4 Å². The predicted octanol–water partition coefficient (Wildman–Crippen LogP) is 5.58. The number of halogens is 3. The van der Waals surface area contributed by atoms with E-state index in [0.29, 0.717) is 31.9 Å². The molecule has 1 unspecified atom stereocenters. The molecule has 49 heavy (non-hydrogen) atoms. The summed E-state index contributed by atoms with van der Waals surface area (Å²) in [6.45, 7) is 3.26. The lowest BCUT2D eigenvalue weighted by Gasteiger charge is -2.14. The van der Waals surface area contributed by atoms with Crippen molar-refractivity contribution in [2.75, 3.05) is 18.5 Å². The second kappa shape index (κ2) is 21.6. The normalized spacial score (nSPS) is 11.3. The van der Waals surface area contributed by atoms with E-state index in [1.165, 1.54) is 6.92 Å². The number of alkyl halides is 3. The molecule has 0 bridgehead atoms. The number of nitrogens with zero attached hydrogens (tertiary/aromatic N) is 1. The minimum Gasteiger partial charge on any atom is -0.494 e. The molecule has 7 N–H and O–H groups in total. The maximum atomic E-state index is 12.7. The molecule has 3 rings (SSSR count). The zero-order valence-electron chi connectivity index (χ0n) is 27.4. The molecule has 2 amide bonds. The highest BCUT2D eigenvalue weighted by Crippen LogP contribution is 2.19. The number of hydrogen-bond acceptors (Lipinski definition) is 6. The van der Waals surface area contributed by atoms with Gasteiger partial charge in [-0.05, 0) is 60.4 Å². The third-order valence-corrected chi connectivity index (χ3v) is 6.76. The number of nitrogens with two attached hydrogens (primary N) is 2. The van der Waals surface area contributed by atoms with Crippen LogP contribution in [0.5, 0.6) is 11.5 Å². The van der Waals surface area contributed by atoms with Crippen LogP contribution in [0.15, 0.2) is 83.9 Å². The van der Waals surface area contributed by atoms with Gasteiger partial charge in [-0.3, -0.25) is 9.59 Å². The van der Waals surface area contributed by atoms with Crippen molar-refractivity contribution in [1.82, 2.24) is 5.32 Å². The van der Waals surface area contributed by atoms with Crippen LogP contribution < -0.4 is 31.6 Å². The fourth-order valence-corrected chi connectivity index (χ4v) is 4.35. The first-order chi connectivity index (χ1) is 23.3. The molecule has 0 spiro atoms. The highest BCUT2D eigenvalue weighted by molar-refractivity contribution is 5.88. The summed E-state index contributed by atoms with van der Waals surface area (Å²) in [6, 6.07) is 24.4. The third kappa shape index (κ3) is 18.0. The van der Waals surface area contributed by atoms with Gasteiger partial charge in [-0.25, -0.2) is 9.79 Å². The number of carbonyl (C=O) groups is 3. The Hall–Kier alpha value is -5.27. The molecule has 0 aliphatic carbocycles. The smallest absolute Gasteiger partial charge is 0.490 e. The molecule has 11 nitrogen and oxygen atoms in total. The molecular formula is C35H44F3N5O6. The monoisotopic (exact) mass is 687 g/mol. The molecule has 0 aliphatic heterocycles. The molecule has 14 heteroatoms. The Labute approximate surface area is 283 Å². The molecule has 266 valence electrons. The quantitative estimate of drug-likeness (QED) is 0.0654. The predicted molar refractivity (Wildman–Crippen MR) is 181 cm³/mol. The lowest BCUT2D eigenvalue weighted by atomic mass is 10.0. The number of carboxylic acids is 1. The lowest BCUT2D eigenvalue weighted by Crippen LogP contribution is -2.38. The Morgan fingerprint density at radius 1 is 0.796 bits per heavy atom. The topological polar surface area (TPSA) is 178 Å². The maximum Gasteiger partial charge on any atom is 0.490 e. The van der Waals surface area contributed by atoms with E-state index < -0.39 is 18.2 Å². The molecule has 0 saturated carbocycles. The second-order valence-electron chi connectivity index (χ2n) is 11.0. The van der Waals surface area contributed by atoms with Gasteiger partial charge in [0, 0.05) is 25.6 Å². The summed E-state index contributed by atoms with van der Waals surface area (Å²) < 4.78 is 43.4. The third-order valence-electron chi connectivity index (χ3n) is 6.76. The van der Waals surface area contributed by atoms with Crippen LogP contribution in [0.3, 0.4) is 0 Å². The Bertz CT molecular complexity index is 1450. The number of carboxylic acid groups (broad SMARTS) is 1. The summed E-state index contributed by atoms with van der Waals surface area (Å²) in [5.74, 6) is -1.56. The van der Waals surface area contributed by atoms with Crippen molar-refractivity contribution in [3.63, 3.8) is 0 Å². The highest BCUT2D eigenvalue weighted by atomic mass is 19.4. The number of amides is 2. The van der Waals surface area contributed by atoms with Crippen molar-refractivity contribution in [2.45, 2.75) is 70.7 Å². The van der Waals surface area contributed by atoms with Gasteiger partial charge in [-0.2, -0.15) is 13.2 Å². The van der Waals surface area contributed by atoms with E-state index in [2.05, 4.69) is 15.6 Å². The molecule has 1 atom stereocenters. The average Bonchev–Trinajstić information content (AvgIpc) is 3.05. The fourth-order valence-electron chi connectivity index (χ4n) is 4.35. The summed E-state index contributed by atoms with van der Waals surface area (Å²) >= 11 is 0. The largest absolute Gasteiger partial charge is 0.494 e. The summed E-state index contributed by atoms with van der Waals surface area (Å²) in [5, 5.41) is 12.8. The van der Waals surface area contributed by atoms with Crippen molar-refractivity contribution in [3.8, 4) is 11.5 Å². The van der Waals surface area contributed by atoms with Crippen LogP contribution in [-0.4, -0.2) is 54.2 Å². The first-order valence-corrected chi connectivity index (χ1v) is 15.8.